The summed E-state index contributed by atoms with van der Waals surface area (Å²) in [5.41, 5.74) is 2.71. The van der Waals surface area contributed by atoms with Crippen LogP contribution in [0.2, 0.25) is 0 Å². The van der Waals surface area contributed by atoms with Crippen LogP contribution in [0, 0.1) is 0 Å². The molecule has 0 spiro atoms. The Morgan fingerprint density at radius 1 is 1.13 bits per heavy atom. The van der Waals surface area contributed by atoms with Crippen LogP contribution in [-0.4, -0.2) is 21.1 Å². The lowest BCUT2D eigenvalue weighted by Gasteiger charge is -2.19. The van der Waals surface area contributed by atoms with Crippen molar-refractivity contribution in [2.45, 2.75) is 37.0 Å². The van der Waals surface area contributed by atoms with Gasteiger partial charge >= 0.3 is 0 Å². The minimum atomic E-state index is 0.00744. The highest BCUT2D eigenvalue weighted by Gasteiger charge is 2.21. The SMILES string of the molecule is CC(C)Sc1ccc(CC(=O)N(Cc2ccccn2)c2nc3ccc(Br)cc3s2)cc1. The number of halogens is 1. The summed E-state index contributed by atoms with van der Waals surface area (Å²) in [6, 6.07) is 20.0. The number of hydrogen-bond acceptors (Lipinski definition) is 5. The molecule has 0 fully saturated rings. The summed E-state index contributed by atoms with van der Waals surface area (Å²) in [7, 11) is 0. The average Bonchev–Trinajstić information content (AvgIpc) is 3.16. The molecule has 2 aromatic carbocycles. The maximum Gasteiger partial charge on any atom is 0.233 e. The zero-order valence-corrected chi connectivity index (χ0v) is 20.5. The molecule has 2 heterocycles. The molecule has 7 heteroatoms. The van der Waals surface area contributed by atoms with Gasteiger partial charge in [-0.05, 0) is 48.0 Å². The second kappa shape index (κ2) is 9.94. The van der Waals surface area contributed by atoms with Gasteiger partial charge in [0, 0.05) is 20.8 Å². The van der Waals surface area contributed by atoms with Gasteiger partial charge in [-0.25, -0.2) is 4.98 Å². The highest BCUT2D eigenvalue weighted by Crippen LogP contribution is 2.32. The Morgan fingerprint density at radius 3 is 2.65 bits per heavy atom. The minimum absolute atomic E-state index is 0.00744. The van der Waals surface area contributed by atoms with Crippen molar-refractivity contribution >= 4 is 60.3 Å². The maximum atomic E-state index is 13.4. The molecule has 1 amide bonds. The number of hydrogen-bond donors (Lipinski definition) is 0. The first-order valence-corrected chi connectivity index (χ1v) is 12.5. The van der Waals surface area contributed by atoms with E-state index in [1.165, 1.54) is 16.2 Å². The van der Waals surface area contributed by atoms with Crippen LogP contribution < -0.4 is 4.90 Å². The Morgan fingerprint density at radius 2 is 1.94 bits per heavy atom. The number of thiazole rings is 1. The standard InChI is InChI=1S/C24H22BrN3OS2/c1-16(2)30-20-9-6-17(7-10-20)13-23(29)28(15-19-5-3-4-12-26-19)24-27-21-11-8-18(25)14-22(21)31-24/h3-12,14,16H,13,15H2,1-2H3. The molecule has 158 valence electrons. The summed E-state index contributed by atoms with van der Waals surface area (Å²) in [5.74, 6) is 0.00744. The third-order valence-electron chi connectivity index (χ3n) is 4.57. The molecule has 0 aliphatic heterocycles. The number of amides is 1. The first-order valence-electron chi connectivity index (χ1n) is 10.00. The lowest BCUT2D eigenvalue weighted by Crippen LogP contribution is -2.32. The number of carbonyl (C=O) groups excluding carboxylic acids is 1. The molecule has 4 rings (SSSR count). The van der Waals surface area contributed by atoms with E-state index >= 15 is 0 Å². The molecule has 0 N–H and O–H groups in total. The smallest absolute Gasteiger partial charge is 0.233 e. The number of carbonyl (C=O) groups is 1. The van der Waals surface area contributed by atoms with Crippen LogP contribution in [0.5, 0.6) is 0 Å². The lowest BCUT2D eigenvalue weighted by molar-refractivity contribution is -0.118. The third-order valence-corrected chi connectivity index (χ3v) is 7.12. The van der Waals surface area contributed by atoms with Crippen molar-refractivity contribution in [3.63, 3.8) is 0 Å². The van der Waals surface area contributed by atoms with E-state index in [1.807, 2.05) is 60.3 Å². The number of nitrogens with zero attached hydrogens (tertiary/aromatic N) is 3. The van der Waals surface area contributed by atoms with Crippen LogP contribution >= 0.6 is 39.0 Å². The molecule has 0 saturated heterocycles. The molecular formula is C24H22BrN3OS2. The summed E-state index contributed by atoms with van der Waals surface area (Å²) in [4.78, 5) is 25.5. The summed E-state index contributed by atoms with van der Waals surface area (Å²) in [5, 5.41) is 1.22. The number of anilines is 1. The van der Waals surface area contributed by atoms with Crippen LogP contribution in [-0.2, 0) is 17.8 Å². The van der Waals surface area contributed by atoms with Crippen LogP contribution in [0.3, 0.4) is 0 Å². The Bertz CT molecular complexity index is 1180. The third kappa shape index (κ3) is 5.73. The molecule has 0 radical (unpaired) electrons. The normalized spacial score (nSPS) is 11.2. The molecule has 2 aromatic heterocycles. The number of thioether (sulfide) groups is 1. The number of aromatic nitrogens is 2. The Labute approximate surface area is 198 Å². The van der Waals surface area contributed by atoms with Crippen LogP contribution in [0.25, 0.3) is 10.2 Å². The van der Waals surface area contributed by atoms with Crippen molar-refractivity contribution in [3.05, 3.63) is 82.6 Å². The van der Waals surface area contributed by atoms with Crippen molar-refractivity contribution in [2.24, 2.45) is 0 Å². The van der Waals surface area contributed by atoms with Crippen LogP contribution in [0.15, 0.2) is 76.2 Å². The van der Waals surface area contributed by atoms with E-state index in [0.29, 0.717) is 23.3 Å². The Balaban J connectivity index is 1.60. The lowest BCUT2D eigenvalue weighted by atomic mass is 10.1. The average molecular weight is 512 g/mol. The Hall–Kier alpha value is -2.22. The minimum Gasteiger partial charge on any atom is -0.282 e. The number of benzene rings is 2. The number of rotatable bonds is 7. The van der Waals surface area contributed by atoms with Gasteiger partial charge in [0.15, 0.2) is 5.13 Å². The predicted molar refractivity (Wildman–Crippen MR) is 134 cm³/mol. The topological polar surface area (TPSA) is 46.1 Å². The number of pyridine rings is 1. The maximum absolute atomic E-state index is 13.4. The highest BCUT2D eigenvalue weighted by atomic mass is 79.9. The molecule has 0 atom stereocenters. The second-order valence-electron chi connectivity index (χ2n) is 7.40. The summed E-state index contributed by atoms with van der Waals surface area (Å²) in [6.07, 6.45) is 2.07. The van der Waals surface area contributed by atoms with Crippen molar-refractivity contribution in [2.75, 3.05) is 4.90 Å². The summed E-state index contributed by atoms with van der Waals surface area (Å²) < 4.78 is 2.04. The van der Waals surface area contributed by atoms with Crippen molar-refractivity contribution in [3.8, 4) is 0 Å². The second-order valence-corrected chi connectivity index (χ2v) is 11.0. The van der Waals surface area contributed by atoms with Gasteiger partial charge in [0.2, 0.25) is 5.91 Å². The summed E-state index contributed by atoms with van der Waals surface area (Å²) in [6.45, 7) is 4.74. The first-order chi connectivity index (χ1) is 15.0. The van der Waals surface area contributed by atoms with E-state index < -0.39 is 0 Å². The van der Waals surface area contributed by atoms with E-state index in [0.717, 1.165) is 25.9 Å². The molecule has 0 aliphatic rings. The van der Waals surface area contributed by atoms with Gasteiger partial charge in [0.1, 0.15) is 0 Å². The van der Waals surface area contributed by atoms with Gasteiger partial charge in [-0.1, -0.05) is 59.3 Å². The van der Waals surface area contributed by atoms with E-state index in [-0.39, 0.29) is 5.91 Å². The molecule has 0 bridgehead atoms. The Kier molecular flexibility index (Phi) is 7.05. The van der Waals surface area contributed by atoms with Gasteiger partial charge in [0.05, 0.1) is 28.9 Å². The van der Waals surface area contributed by atoms with Crippen molar-refractivity contribution in [1.29, 1.82) is 0 Å². The van der Waals surface area contributed by atoms with E-state index in [2.05, 4.69) is 46.9 Å². The van der Waals surface area contributed by atoms with Gasteiger partial charge in [-0.15, -0.1) is 11.8 Å². The molecule has 0 unspecified atom stereocenters. The fourth-order valence-electron chi connectivity index (χ4n) is 3.15. The zero-order chi connectivity index (χ0) is 21.8. The van der Waals surface area contributed by atoms with Gasteiger partial charge in [-0.3, -0.25) is 14.7 Å². The van der Waals surface area contributed by atoms with Gasteiger partial charge < -0.3 is 0 Å². The predicted octanol–water partition coefficient (Wildman–Crippen LogP) is 6.73. The summed E-state index contributed by atoms with van der Waals surface area (Å²) >= 11 is 6.85. The largest absolute Gasteiger partial charge is 0.282 e. The van der Waals surface area contributed by atoms with Gasteiger partial charge in [-0.2, -0.15) is 0 Å². The van der Waals surface area contributed by atoms with E-state index in [1.54, 1.807) is 11.1 Å². The molecule has 0 aliphatic carbocycles. The van der Waals surface area contributed by atoms with Crippen LogP contribution in [0.4, 0.5) is 5.13 Å². The quantitative estimate of drug-likeness (QED) is 0.258. The molecule has 31 heavy (non-hydrogen) atoms. The molecule has 0 saturated carbocycles. The van der Waals surface area contributed by atoms with E-state index in [4.69, 9.17) is 4.98 Å². The monoisotopic (exact) mass is 511 g/mol. The fourth-order valence-corrected chi connectivity index (χ4v) is 5.52. The first kappa shape index (κ1) is 22.0. The number of fused-ring (bicyclic) bond motifs is 1. The molecular weight excluding hydrogens is 490 g/mol. The zero-order valence-electron chi connectivity index (χ0n) is 17.3. The molecule has 4 nitrogen and oxygen atoms in total. The van der Waals surface area contributed by atoms with Crippen molar-refractivity contribution in [1.82, 2.24) is 9.97 Å². The molecule has 4 aromatic rings. The van der Waals surface area contributed by atoms with E-state index in [9.17, 15) is 4.79 Å². The van der Waals surface area contributed by atoms with Crippen molar-refractivity contribution < 1.29 is 4.79 Å². The van der Waals surface area contributed by atoms with Gasteiger partial charge in [0.25, 0.3) is 0 Å². The fraction of sp³-hybridized carbons (Fsp3) is 0.208. The highest BCUT2D eigenvalue weighted by molar-refractivity contribution is 9.10. The van der Waals surface area contributed by atoms with Crippen LogP contribution in [0.1, 0.15) is 25.1 Å².